The van der Waals surface area contributed by atoms with Gasteiger partial charge < -0.3 is 4.90 Å². The van der Waals surface area contributed by atoms with Crippen molar-refractivity contribution in [2.24, 2.45) is 11.1 Å². The van der Waals surface area contributed by atoms with E-state index in [1.807, 2.05) is 0 Å². The van der Waals surface area contributed by atoms with Crippen LogP contribution in [-0.4, -0.2) is 30.3 Å². The Hall–Kier alpha value is 0.270. The largest absolute Gasteiger partial charge is 0.304 e. The molecular weight excluding hydrogens is 156 g/mol. The van der Waals surface area contributed by atoms with Gasteiger partial charge in [-0.15, -0.1) is 0 Å². The predicted molar refractivity (Wildman–Crippen MR) is 51.5 cm³/mol. The molecule has 1 rings (SSSR count). The van der Waals surface area contributed by atoms with Crippen LogP contribution in [0.4, 0.5) is 0 Å². The Morgan fingerprint density at radius 1 is 1.45 bits per heavy atom. The zero-order chi connectivity index (χ0) is 8.10. The van der Waals surface area contributed by atoms with E-state index in [2.05, 4.69) is 11.8 Å². The van der Waals surface area contributed by atoms with E-state index in [0.717, 1.165) is 11.7 Å². The molecule has 0 unspecified atom stereocenters. The zero-order valence-corrected chi connectivity index (χ0v) is 8.07. The maximum atomic E-state index is 5.43. The highest BCUT2D eigenvalue weighted by Gasteiger charge is 2.16. The monoisotopic (exact) mass is 174 g/mol. The van der Waals surface area contributed by atoms with E-state index in [-0.39, 0.29) is 0 Å². The molecule has 1 saturated heterocycles. The zero-order valence-electron chi connectivity index (χ0n) is 7.25. The molecule has 66 valence electrons. The summed E-state index contributed by atoms with van der Waals surface area (Å²) >= 11 is 1.50. The molecule has 0 saturated carbocycles. The normalized spacial score (nSPS) is 22.4. The van der Waals surface area contributed by atoms with E-state index in [1.165, 1.54) is 44.4 Å². The smallest absolute Gasteiger partial charge is 0.0106 e. The van der Waals surface area contributed by atoms with Crippen LogP contribution in [-0.2, 0) is 0 Å². The number of rotatable bonds is 3. The fraction of sp³-hybridized carbons (Fsp3) is 1.00. The fourth-order valence-electron chi connectivity index (χ4n) is 1.61. The number of nitrogens with zero attached hydrogens (tertiary/aromatic N) is 1. The minimum Gasteiger partial charge on any atom is -0.304 e. The van der Waals surface area contributed by atoms with Crippen LogP contribution in [0.5, 0.6) is 0 Å². The molecule has 3 heteroatoms. The lowest BCUT2D eigenvalue weighted by Gasteiger charge is -2.30. The van der Waals surface area contributed by atoms with E-state index >= 15 is 0 Å². The summed E-state index contributed by atoms with van der Waals surface area (Å²) in [4.78, 5) is 2.51. The van der Waals surface area contributed by atoms with Gasteiger partial charge in [-0.05, 0) is 38.4 Å². The van der Waals surface area contributed by atoms with E-state index < -0.39 is 0 Å². The van der Waals surface area contributed by atoms with Gasteiger partial charge in [-0.2, -0.15) is 0 Å². The summed E-state index contributed by atoms with van der Waals surface area (Å²) in [5.41, 5.74) is 0. The maximum absolute atomic E-state index is 5.43. The summed E-state index contributed by atoms with van der Waals surface area (Å²) in [5.74, 6) is 2.03. The summed E-state index contributed by atoms with van der Waals surface area (Å²) in [7, 11) is 0. The maximum Gasteiger partial charge on any atom is 0.0106 e. The van der Waals surface area contributed by atoms with Gasteiger partial charge in [0.25, 0.3) is 0 Å². The van der Waals surface area contributed by atoms with Crippen molar-refractivity contribution in [1.82, 2.24) is 4.90 Å². The van der Waals surface area contributed by atoms with Crippen molar-refractivity contribution in [2.75, 3.05) is 25.4 Å². The number of piperidine rings is 1. The first-order valence-electron chi connectivity index (χ1n) is 4.40. The number of hydrogen-bond donors (Lipinski definition) is 1. The average Bonchev–Trinajstić information content (AvgIpc) is 2.07. The molecule has 11 heavy (non-hydrogen) atoms. The van der Waals surface area contributed by atoms with Crippen molar-refractivity contribution in [2.45, 2.75) is 19.8 Å². The summed E-state index contributed by atoms with van der Waals surface area (Å²) < 4.78 is 0. The Balaban J connectivity index is 2.14. The van der Waals surface area contributed by atoms with Crippen LogP contribution in [0, 0.1) is 5.92 Å². The Morgan fingerprint density at radius 2 is 2.09 bits per heavy atom. The Labute approximate surface area is 73.6 Å². The lowest BCUT2D eigenvalue weighted by molar-refractivity contribution is 0.203. The quantitative estimate of drug-likeness (QED) is 0.654. The lowest BCUT2D eigenvalue weighted by atomic mass is 9.99. The Kier molecular flexibility index (Phi) is 4.26. The highest BCUT2D eigenvalue weighted by Crippen LogP contribution is 2.18. The molecule has 1 aliphatic heterocycles. The number of likely N-dealkylation sites (tertiary alicyclic amines) is 1. The lowest BCUT2D eigenvalue weighted by Crippen LogP contribution is -2.34. The molecule has 0 aliphatic carbocycles. The van der Waals surface area contributed by atoms with Crippen LogP contribution >= 0.6 is 11.9 Å². The highest BCUT2D eigenvalue weighted by molar-refractivity contribution is 7.97. The summed E-state index contributed by atoms with van der Waals surface area (Å²) in [6, 6.07) is 0. The van der Waals surface area contributed by atoms with Gasteiger partial charge in [-0.3, -0.25) is 5.14 Å². The summed E-state index contributed by atoms with van der Waals surface area (Å²) in [6.07, 6.45) is 2.69. The van der Waals surface area contributed by atoms with Crippen LogP contribution in [0.1, 0.15) is 19.8 Å². The van der Waals surface area contributed by atoms with Crippen molar-refractivity contribution in [3.63, 3.8) is 0 Å². The van der Waals surface area contributed by atoms with Crippen molar-refractivity contribution in [1.29, 1.82) is 0 Å². The predicted octanol–water partition coefficient (Wildman–Crippen LogP) is 1.33. The van der Waals surface area contributed by atoms with Crippen molar-refractivity contribution in [3.8, 4) is 0 Å². The first kappa shape index (κ1) is 9.36. The van der Waals surface area contributed by atoms with E-state index in [9.17, 15) is 0 Å². The first-order valence-corrected chi connectivity index (χ1v) is 5.45. The van der Waals surface area contributed by atoms with Crippen LogP contribution in [0.3, 0.4) is 0 Å². The second-order valence-corrected chi connectivity index (χ2v) is 3.88. The molecule has 0 spiro atoms. The molecule has 2 nitrogen and oxygen atoms in total. The van der Waals surface area contributed by atoms with Crippen LogP contribution in [0.15, 0.2) is 0 Å². The first-order chi connectivity index (χ1) is 5.36. The van der Waals surface area contributed by atoms with Gasteiger partial charge in [0.2, 0.25) is 0 Å². The SMILES string of the molecule is CCN1CCC(CSN)CC1. The molecule has 0 aromatic carbocycles. The van der Waals surface area contributed by atoms with Gasteiger partial charge in [0.1, 0.15) is 0 Å². The molecule has 1 heterocycles. The standard InChI is InChI=1S/C8H18N2S/c1-2-10-5-3-8(4-6-10)7-11-9/h8H,2-7,9H2,1H3. The van der Waals surface area contributed by atoms with Crippen molar-refractivity contribution < 1.29 is 0 Å². The minimum absolute atomic E-state index is 0.882. The van der Waals surface area contributed by atoms with E-state index in [1.54, 1.807) is 0 Å². The van der Waals surface area contributed by atoms with Gasteiger partial charge >= 0.3 is 0 Å². The molecular formula is C8H18N2S. The second kappa shape index (κ2) is 5.01. The molecule has 0 atom stereocenters. The molecule has 0 aromatic heterocycles. The van der Waals surface area contributed by atoms with E-state index in [0.29, 0.717) is 0 Å². The minimum atomic E-state index is 0.882. The van der Waals surface area contributed by atoms with Crippen LogP contribution < -0.4 is 5.14 Å². The average molecular weight is 174 g/mol. The molecule has 0 bridgehead atoms. The van der Waals surface area contributed by atoms with E-state index in [4.69, 9.17) is 5.14 Å². The number of nitrogens with two attached hydrogens (primary N) is 1. The third kappa shape index (κ3) is 3.01. The van der Waals surface area contributed by atoms with Crippen molar-refractivity contribution >= 4 is 11.9 Å². The van der Waals surface area contributed by atoms with Crippen molar-refractivity contribution in [3.05, 3.63) is 0 Å². The third-order valence-electron chi connectivity index (χ3n) is 2.49. The molecule has 2 N–H and O–H groups in total. The molecule has 0 aromatic rings. The molecule has 0 radical (unpaired) electrons. The second-order valence-electron chi connectivity index (χ2n) is 3.21. The fourth-order valence-corrected chi connectivity index (χ4v) is 2.21. The van der Waals surface area contributed by atoms with Gasteiger partial charge in [0.05, 0.1) is 0 Å². The number of hydrogen-bond acceptors (Lipinski definition) is 3. The summed E-state index contributed by atoms with van der Waals surface area (Å²) in [6.45, 7) is 6.00. The third-order valence-corrected chi connectivity index (χ3v) is 3.15. The molecule has 1 aliphatic rings. The Bertz CT molecular complexity index is 100. The van der Waals surface area contributed by atoms with Gasteiger partial charge in [-0.25, -0.2) is 0 Å². The van der Waals surface area contributed by atoms with Crippen LogP contribution in [0.25, 0.3) is 0 Å². The van der Waals surface area contributed by atoms with Crippen LogP contribution in [0.2, 0.25) is 0 Å². The van der Waals surface area contributed by atoms with Gasteiger partial charge in [0.15, 0.2) is 0 Å². The summed E-state index contributed by atoms with van der Waals surface area (Å²) in [5, 5.41) is 5.43. The molecule has 1 fully saturated rings. The highest BCUT2D eigenvalue weighted by atomic mass is 32.2. The molecule has 0 amide bonds. The Morgan fingerprint density at radius 3 is 2.55 bits per heavy atom. The topological polar surface area (TPSA) is 29.3 Å². The van der Waals surface area contributed by atoms with Gasteiger partial charge in [-0.1, -0.05) is 18.9 Å². The van der Waals surface area contributed by atoms with Gasteiger partial charge in [0, 0.05) is 5.75 Å².